The standard InChI is InChI=1S/C15H18N6O/c1-20-13(11-4-6-12(22-3)7-5-11)8-16-15(20)17-9-14-18-10-19-21(14)2/h4-8,10H,9H2,1-3H3,(H,16,17). The third-order valence-electron chi connectivity index (χ3n) is 3.58. The Hall–Kier alpha value is -2.83. The van der Waals surface area contributed by atoms with E-state index in [1.807, 2.05) is 49.1 Å². The van der Waals surface area contributed by atoms with Crippen molar-refractivity contribution in [2.75, 3.05) is 12.4 Å². The van der Waals surface area contributed by atoms with Gasteiger partial charge in [-0.15, -0.1) is 0 Å². The summed E-state index contributed by atoms with van der Waals surface area (Å²) in [5.74, 6) is 2.48. The Labute approximate surface area is 128 Å². The van der Waals surface area contributed by atoms with E-state index < -0.39 is 0 Å². The number of nitrogens with zero attached hydrogens (tertiary/aromatic N) is 5. The summed E-state index contributed by atoms with van der Waals surface area (Å²) in [6, 6.07) is 7.91. The molecule has 3 aromatic rings. The predicted molar refractivity (Wildman–Crippen MR) is 83.5 cm³/mol. The first-order valence-electron chi connectivity index (χ1n) is 6.92. The fourth-order valence-electron chi connectivity index (χ4n) is 2.24. The number of hydrogen-bond acceptors (Lipinski definition) is 5. The van der Waals surface area contributed by atoms with Gasteiger partial charge in [0.2, 0.25) is 5.95 Å². The molecule has 3 rings (SSSR count). The molecule has 114 valence electrons. The minimum Gasteiger partial charge on any atom is -0.497 e. The quantitative estimate of drug-likeness (QED) is 0.778. The Balaban J connectivity index is 1.77. The van der Waals surface area contributed by atoms with Gasteiger partial charge in [0.25, 0.3) is 0 Å². The zero-order valence-electron chi connectivity index (χ0n) is 12.8. The van der Waals surface area contributed by atoms with Crippen LogP contribution >= 0.6 is 0 Å². The predicted octanol–water partition coefficient (Wildman–Crippen LogP) is 1.84. The van der Waals surface area contributed by atoms with Crippen molar-refractivity contribution in [1.82, 2.24) is 24.3 Å². The van der Waals surface area contributed by atoms with Crippen molar-refractivity contribution in [3.63, 3.8) is 0 Å². The first kappa shape index (κ1) is 14.1. The van der Waals surface area contributed by atoms with E-state index in [2.05, 4.69) is 20.4 Å². The molecule has 0 radical (unpaired) electrons. The topological polar surface area (TPSA) is 69.8 Å². The summed E-state index contributed by atoms with van der Waals surface area (Å²) in [5.41, 5.74) is 2.12. The molecule has 7 nitrogen and oxygen atoms in total. The second kappa shape index (κ2) is 5.88. The van der Waals surface area contributed by atoms with Gasteiger partial charge in [-0.1, -0.05) is 0 Å². The van der Waals surface area contributed by atoms with Crippen molar-refractivity contribution in [3.8, 4) is 17.0 Å². The van der Waals surface area contributed by atoms with Crippen LogP contribution in [0.25, 0.3) is 11.3 Å². The molecule has 2 aromatic heterocycles. The summed E-state index contributed by atoms with van der Waals surface area (Å²) in [7, 11) is 5.50. The molecule has 0 saturated heterocycles. The van der Waals surface area contributed by atoms with Crippen LogP contribution < -0.4 is 10.1 Å². The van der Waals surface area contributed by atoms with Crippen LogP contribution in [0.4, 0.5) is 5.95 Å². The Morgan fingerprint density at radius 2 is 1.91 bits per heavy atom. The van der Waals surface area contributed by atoms with E-state index in [-0.39, 0.29) is 0 Å². The summed E-state index contributed by atoms with van der Waals surface area (Å²) in [6.45, 7) is 0.573. The number of hydrogen-bond donors (Lipinski definition) is 1. The van der Waals surface area contributed by atoms with Gasteiger partial charge < -0.3 is 14.6 Å². The molecule has 2 heterocycles. The highest BCUT2D eigenvalue weighted by Crippen LogP contribution is 2.24. The number of benzene rings is 1. The number of rotatable bonds is 5. The molecule has 1 N–H and O–H groups in total. The molecule has 0 fully saturated rings. The largest absolute Gasteiger partial charge is 0.497 e. The smallest absolute Gasteiger partial charge is 0.203 e. The Kier molecular flexibility index (Phi) is 3.78. The van der Waals surface area contributed by atoms with E-state index in [9.17, 15) is 0 Å². The fraction of sp³-hybridized carbons (Fsp3) is 0.267. The molecule has 0 aliphatic heterocycles. The molecule has 22 heavy (non-hydrogen) atoms. The minimum absolute atomic E-state index is 0.573. The second-order valence-corrected chi connectivity index (χ2v) is 4.91. The SMILES string of the molecule is COc1ccc(-c2cnc(NCc3ncnn3C)n2C)cc1. The van der Waals surface area contributed by atoms with Crippen molar-refractivity contribution in [2.45, 2.75) is 6.54 Å². The molecule has 0 aliphatic rings. The van der Waals surface area contributed by atoms with Gasteiger partial charge in [0.05, 0.1) is 25.5 Å². The van der Waals surface area contributed by atoms with Crippen molar-refractivity contribution in [3.05, 3.63) is 42.6 Å². The van der Waals surface area contributed by atoms with Crippen molar-refractivity contribution < 1.29 is 4.74 Å². The van der Waals surface area contributed by atoms with Crippen molar-refractivity contribution >= 4 is 5.95 Å². The average molecular weight is 298 g/mol. The van der Waals surface area contributed by atoms with Gasteiger partial charge in [0.1, 0.15) is 17.9 Å². The number of anilines is 1. The number of nitrogens with one attached hydrogen (secondary N) is 1. The van der Waals surface area contributed by atoms with Crippen LogP contribution in [0.1, 0.15) is 5.82 Å². The van der Waals surface area contributed by atoms with Crippen LogP contribution in [0, 0.1) is 0 Å². The van der Waals surface area contributed by atoms with Crippen molar-refractivity contribution in [2.24, 2.45) is 14.1 Å². The lowest BCUT2D eigenvalue weighted by molar-refractivity contribution is 0.415. The molecule has 0 saturated carbocycles. The molecule has 0 aliphatic carbocycles. The van der Waals surface area contributed by atoms with Crippen LogP contribution in [0.3, 0.4) is 0 Å². The van der Waals surface area contributed by atoms with Gasteiger partial charge in [0, 0.05) is 19.7 Å². The first-order chi connectivity index (χ1) is 10.7. The van der Waals surface area contributed by atoms with Crippen molar-refractivity contribution in [1.29, 1.82) is 0 Å². The third-order valence-corrected chi connectivity index (χ3v) is 3.58. The molecule has 1 aromatic carbocycles. The Bertz CT molecular complexity index is 759. The highest BCUT2D eigenvalue weighted by molar-refractivity contribution is 5.62. The molecular formula is C15H18N6O. The highest BCUT2D eigenvalue weighted by atomic mass is 16.5. The van der Waals surface area contributed by atoms with E-state index in [0.29, 0.717) is 6.54 Å². The normalized spacial score (nSPS) is 10.7. The van der Waals surface area contributed by atoms with Crippen LogP contribution in [0.15, 0.2) is 36.8 Å². The summed E-state index contributed by atoms with van der Waals surface area (Å²) < 4.78 is 8.93. The molecule has 0 atom stereocenters. The number of ether oxygens (including phenoxy) is 1. The highest BCUT2D eigenvalue weighted by Gasteiger charge is 2.09. The summed E-state index contributed by atoms with van der Waals surface area (Å²) in [5, 5.41) is 7.32. The molecule has 7 heteroatoms. The Morgan fingerprint density at radius 1 is 1.14 bits per heavy atom. The summed E-state index contributed by atoms with van der Waals surface area (Å²) in [4.78, 5) is 8.61. The number of imidazole rings is 1. The zero-order chi connectivity index (χ0) is 15.5. The second-order valence-electron chi connectivity index (χ2n) is 4.91. The van der Waals surface area contributed by atoms with Crippen LogP contribution in [-0.4, -0.2) is 31.4 Å². The molecule has 0 unspecified atom stereocenters. The van der Waals surface area contributed by atoms with Gasteiger partial charge in [0.15, 0.2) is 0 Å². The van der Waals surface area contributed by atoms with E-state index in [1.54, 1.807) is 11.8 Å². The van der Waals surface area contributed by atoms with E-state index in [1.165, 1.54) is 6.33 Å². The molecule has 0 bridgehead atoms. The maximum atomic E-state index is 5.18. The maximum Gasteiger partial charge on any atom is 0.203 e. The lowest BCUT2D eigenvalue weighted by Gasteiger charge is -2.08. The molecular weight excluding hydrogens is 280 g/mol. The van der Waals surface area contributed by atoms with Gasteiger partial charge in [-0.2, -0.15) is 5.10 Å². The van der Waals surface area contributed by atoms with Crippen LogP contribution in [0.2, 0.25) is 0 Å². The van der Waals surface area contributed by atoms with E-state index in [0.717, 1.165) is 28.8 Å². The van der Waals surface area contributed by atoms with Gasteiger partial charge >= 0.3 is 0 Å². The first-order valence-corrected chi connectivity index (χ1v) is 6.92. The lowest BCUT2D eigenvalue weighted by atomic mass is 10.1. The Morgan fingerprint density at radius 3 is 2.55 bits per heavy atom. The fourth-order valence-corrected chi connectivity index (χ4v) is 2.24. The van der Waals surface area contributed by atoms with E-state index in [4.69, 9.17) is 4.74 Å². The van der Waals surface area contributed by atoms with Gasteiger partial charge in [-0.3, -0.25) is 4.68 Å². The molecule has 0 spiro atoms. The minimum atomic E-state index is 0.573. The lowest BCUT2D eigenvalue weighted by Crippen LogP contribution is -2.10. The summed E-state index contributed by atoms with van der Waals surface area (Å²) in [6.07, 6.45) is 3.39. The van der Waals surface area contributed by atoms with Gasteiger partial charge in [-0.25, -0.2) is 9.97 Å². The van der Waals surface area contributed by atoms with Crippen LogP contribution in [-0.2, 0) is 20.6 Å². The third kappa shape index (κ3) is 2.65. The monoisotopic (exact) mass is 298 g/mol. The summed E-state index contributed by atoms with van der Waals surface area (Å²) >= 11 is 0. The number of methoxy groups -OCH3 is 1. The van der Waals surface area contributed by atoms with E-state index >= 15 is 0 Å². The molecule has 0 amide bonds. The number of aromatic nitrogens is 5. The van der Waals surface area contributed by atoms with Gasteiger partial charge in [-0.05, 0) is 24.3 Å². The average Bonchev–Trinajstić information content (AvgIpc) is 3.11. The zero-order valence-corrected chi connectivity index (χ0v) is 12.8. The maximum absolute atomic E-state index is 5.18. The van der Waals surface area contributed by atoms with Crippen LogP contribution in [0.5, 0.6) is 5.75 Å². The number of aryl methyl sites for hydroxylation is 1.